The maximum Gasteiger partial charge on any atom is 0.232 e. The van der Waals surface area contributed by atoms with E-state index in [1.165, 1.54) is 4.31 Å². The maximum absolute atomic E-state index is 13.4. The minimum absolute atomic E-state index is 0.00697. The normalized spacial score (nSPS) is 19.5. The highest BCUT2D eigenvalue weighted by Gasteiger charge is 2.45. The lowest BCUT2D eigenvalue weighted by Gasteiger charge is -2.23. The van der Waals surface area contributed by atoms with Crippen molar-refractivity contribution in [2.45, 2.75) is 6.04 Å². The molecule has 0 aromatic heterocycles. The molecule has 7 heteroatoms. The Morgan fingerprint density at radius 1 is 0.926 bits per heavy atom. The summed E-state index contributed by atoms with van der Waals surface area (Å²) in [5.41, 5.74) is 1.82. The summed E-state index contributed by atoms with van der Waals surface area (Å²) in [6.07, 6.45) is 0. The molecule has 1 saturated heterocycles. The SMILES string of the molecule is N=C1C(c2ccc(Cl)cc2)N(c2ccccc2O)S(=O)N1c1ccccc1. The summed E-state index contributed by atoms with van der Waals surface area (Å²) in [4.78, 5) is 0. The minimum atomic E-state index is -1.73. The summed E-state index contributed by atoms with van der Waals surface area (Å²) < 4.78 is 16.4. The number of para-hydroxylation sites is 3. The Bertz CT molecular complexity index is 1010. The van der Waals surface area contributed by atoms with Crippen LogP contribution in [0.4, 0.5) is 11.4 Å². The van der Waals surface area contributed by atoms with Gasteiger partial charge < -0.3 is 5.11 Å². The fourth-order valence-corrected chi connectivity index (χ4v) is 4.69. The van der Waals surface area contributed by atoms with Crippen LogP contribution in [0.25, 0.3) is 0 Å². The van der Waals surface area contributed by atoms with Crippen molar-refractivity contribution in [2.24, 2.45) is 0 Å². The summed E-state index contributed by atoms with van der Waals surface area (Å²) in [6, 6.07) is 22.3. The smallest absolute Gasteiger partial charge is 0.232 e. The number of hydrogen-bond donors (Lipinski definition) is 2. The van der Waals surface area contributed by atoms with Crippen molar-refractivity contribution in [3.63, 3.8) is 0 Å². The van der Waals surface area contributed by atoms with Gasteiger partial charge in [-0.3, -0.25) is 9.71 Å². The van der Waals surface area contributed by atoms with Crippen LogP contribution >= 0.6 is 11.6 Å². The fraction of sp³-hybridized carbons (Fsp3) is 0.0500. The van der Waals surface area contributed by atoms with Gasteiger partial charge in [0.2, 0.25) is 11.2 Å². The molecular weight excluding hydrogens is 382 g/mol. The summed E-state index contributed by atoms with van der Waals surface area (Å²) in [7, 11) is 0. The molecule has 0 bridgehead atoms. The number of halogens is 1. The number of rotatable bonds is 3. The first kappa shape index (κ1) is 17.6. The zero-order valence-corrected chi connectivity index (χ0v) is 15.7. The molecule has 1 aliphatic heterocycles. The first-order chi connectivity index (χ1) is 13.1. The first-order valence-electron chi connectivity index (χ1n) is 8.26. The highest BCUT2D eigenvalue weighted by molar-refractivity contribution is 7.89. The number of nitrogens with one attached hydrogen (secondary N) is 1. The number of anilines is 2. The lowest BCUT2D eigenvalue weighted by molar-refractivity contribution is 0.475. The molecule has 0 amide bonds. The molecule has 2 atom stereocenters. The molecule has 3 aromatic carbocycles. The van der Waals surface area contributed by atoms with Gasteiger partial charge in [-0.25, -0.2) is 8.51 Å². The van der Waals surface area contributed by atoms with Crippen molar-refractivity contribution < 1.29 is 9.32 Å². The number of aromatic hydroxyl groups is 1. The Morgan fingerprint density at radius 3 is 2.22 bits per heavy atom. The third-order valence-electron chi connectivity index (χ3n) is 4.33. The Labute approximate surface area is 164 Å². The lowest BCUT2D eigenvalue weighted by atomic mass is 10.0. The van der Waals surface area contributed by atoms with Crippen molar-refractivity contribution in [2.75, 3.05) is 8.61 Å². The van der Waals surface area contributed by atoms with E-state index in [4.69, 9.17) is 17.0 Å². The maximum atomic E-state index is 13.4. The predicted molar refractivity (Wildman–Crippen MR) is 110 cm³/mol. The average molecular weight is 398 g/mol. The Hall–Kier alpha value is -2.83. The molecular formula is C20H16ClN3O2S. The molecule has 136 valence electrons. The number of benzene rings is 3. The number of nitrogens with zero attached hydrogens (tertiary/aromatic N) is 2. The zero-order chi connectivity index (χ0) is 19.0. The molecule has 5 nitrogen and oxygen atoms in total. The quantitative estimate of drug-likeness (QED) is 0.674. The van der Waals surface area contributed by atoms with E-state index in [2.05, 4.69) is 0 Å². The van der Waals surface area contributed by atoms with E-state index in [1.807, 2.05) is 18.2 Å². The molecule has 2 unspecified atom stereocenters. The van der Waals surface area contributed by atoms with Crippen LogP contribution in [0.3, 0.4) is 0 Å². The van der Waals surface area contributed by atoms with Crippen LogP contribution in [0.2, 0.25) is 5.02 Å². The third kappa shape index (κ3) is 3.07. The molecule has 0 spiro atoms. The minimum Gasteiger partial charge on any atom is -0.506 e. The van der Waals surface area contributed by atoms with E-state index in [0.717, 1.165) is 5.56 Å². The molecule has 0 radical (unpaired) electrons. The second kappa shape index (κ2) is 7.06. The van der Waals surface area contributed by atoms with Crippen molar-refractivity contribution in [3.05, 3.63) is 89.4 Å². The van der Waals surface area contributed by atoms with Gasteiger partial charge in [-0.05, 0) is 42.0 Å². The summed E-state index contributed by atoms with van der Waals surface area (Å²) in [5, 5.41) is 19.7. The van der Waals surface area contributed by atoms with Crippen LogP contribution < -0.4 is 8.61 Å². The number of phenols is 1. The van der Waals surface area contributed by atoms with E-state index in [0.29, 0.717) is 16.4 Å². The Balaban J connectivity index is 1.87. The van der Waals surface area contributed by atoms with Crippen LogP contribution in [-0.2, 0) is 11.2 Å². The molecule has 1 heterocycles. The van der Waals surface area contributed by atoms with Gasteiger partial charge in [-0.1, -0.05) is 54.1 Å². The zero-order valence-electron chi connectivity index (χ0n) is 14.1. The van der Waals surface area contributed by atoms with Gasteiger partial charge in [0.15, 0.2) is 0 Å². The van der Waals surface area contributed by atoms with E-state index < -0.39 is 17.2 Å². The van der Waals surface area contributed by atoms with Crippen molar-refractivity contribution in [3.8, 4) is 5.75 Å². The first-order valence-corrected chi connectivity index (χ1v) is 9.70. The van der Waals surface area contributed by atoms with Gasteiger partial charge in [0, 0.05) is 5.02 Å². The molecule has 0 saturated carbocycles. The van der Waals surface area contributed by atoms with Crippen LogP contribution in [0.5, 0.6) is 5.75 Å². The van der Waals surface area contributed by atoms with Crippen molar-refractivity contribution >= 4 is 40.0 Å². The topological polar surface area (TPSA) is 67.6 Å². The van der Waals surface area contributed by atoms with Crippen LogP contribution in [-0.4, -0.2) is 15.2 Å². The highest BCUT2D eigenvalue weighted by atomic mass is 35.5. The number of amidine groups is 1. The summed E-state index contributed by atoms with van der Waals surface area (Å²) in [6.45, 7) is 0. The lowest BCUT2D eigenvalue weighted by Crippen LogP contribution is -2.27. The van der Waals surface area contributed by atoms with Gasteiger partial charge in [0.1, 0.15) is 17.6 Å². The molecule has 4 rings (SSSR count). The predicted octanol–water partition coefficient (Wildman–Crippen LogP) is 4.67. The average Bonchev–Trinajstić information content (AvgIpc) is 2.94. The third-order valence-corrected chi connectivity index (χ3v) is 6.05. The fourth-order valence-electron chi connectivity index (χ4n) is 3.09. The van der Waals surface area contributed by atoms with Crippen molar-refractivity contribution in [1.29, 1.82) is 5.41 Å². The second-order valence-corrected chi connectivity index (χ2v) is 7.67. The van der Waals surface area contributed by atoms with Gasteiger partial charge in [-0.2, -0.15) is 0 Å². The van der Waals surface area contributed by atoms with Crippen LogP contribution in [0.1, 0.15) is 11.6 Å². The van der Waals surface area contributed by atoms with E-state index >= 15 is 0 Å². The Kier molecular flexibility index (Phi) is 4.59. The molecule has 27 heavy (non-hydrogen) atoms. The van der Waals surface area contributed by atoms with Gasteiger partial charge in [-0.15, -0.1) is 0 Å². The highest BCUT2D eigenvalue weighted by Crippen LogP contribution is 2.42. The van der Waals surface area contributed by atoms with Gasteiger partial charge >= 0.3 is 0 Å². The van der Waals surface area contributed by atoms with Gasteiger partial charge in [0.05, 0.1) is 11.4 Å². The molecule has 1 aliphatic rings. The summed E-state index contributed by atoms with van der Waals surface area (Å²) in [5.74, 6) is 0.164. The monoisotopic (exact) mass is 397 g/mol. The standard InChI is InChI=1S/C20H16ClN3O2S/c21-15-12-10-14(11-13-15)19-20(22)23(16-6-2-1-3-7-16)27(26)24(19)17-8-4-5-9-18(17)25/h1-13,19,22,25H. The molecule has 3 aromatic rings. The second-order valence-electron chi connectivity index (χ2n) is 6.01. The van der Waals surface area contributed by atoms with Gasteiger partial charge in [0.25, 0.3) is 0 Å². The van der Waals surface area contributed by atoms with E-state index in [9.17, 15) is 9.32 Å². The molecule has 1 fully saturated rings. The molecule has 2 N–H and O–H groups in total. The van der Waals surface area contributed by atoms with E-state index in [-0.39, 0.29) is 11.6 Å². The van der Waals surface area contributed by atoms with E-state index in [1.54, 1.807) is 65.0 Å². The summed E-state index contributed by atoms with van der Waals surface area (Å²) >= 11 is 4.28. The number of phenolic OH excluding ortho intramolecular Hbond substituents is 1. The molecule has 0 aliphatic carbocycles. The number of hydrogen-bond acceptors (Lipinski definition) is 3. The largest absolute Gasteiger partial charge is 0.506 e. The Morgan fingerprint density at radius 2 is 1.56 bits per heavy atom. The van der Waals surface area contributed by atoms with Crippen molar-refractivity contribution in [1.82, 2.24) is 0 Å². The van der Waals surface area contributed by atoms with Crippen LogP contribution in [0, 0.1) is 5.41 Å². The van der Waals surface area contributed by atoms with Crippen LogP contribution in [0.15, 0.2) is 78.9 Å².